The molecule has 1 aliphatic heterocycles. The predicted molar refractivity (Wildman–Crippen MR) is 85.0 cm³/mol. The molecule has 1 unspecified atom stereocenters. The number of carboxylic acids is 1. The van der Waals surface area contributed by atoms with Crippen LogP contribution in [0, 0.1) is 5.92 Å². The van der Waals surface area contributed by atoms with E-state index in [9.17, 15) is 4.79 Å². The number of rotatable bonds is 4. The molecule has 0 spiro atoms. The maximum Gasteiger partial charge on any atom is 0.335 e. The Hall–Kier alpha value is -1.39. The third-order valence-electron chi connectivity index (χ3n) is 4.96. The van der Waals surface area contributed by atoms with Gasteiger partial charge in [-0.3, -0.25) is 4.90 Å². The third-order valence-corrected chi connectivity index (χ3v) is 4.96. The molecule has 1 N–H and O–H groups in total. The molecule has 1 saturated heterocycles. The van der Waals surface area contributed by atoms with Crippen molar-refractivity contribution in [2.75, 3.05) is 19.7 Å². The SMILES string of the molecule is O=C(O)c1ccc(CN2CCOC(C3CCCCC3)C2)cc1. The van der Waals surface area contributed by atoms with Gasteiger partial charge < -0.3 is 9.84 Å². The van der Waals surface area contributed by atoms with Crippen LogP contribution in [-0.2, 0) is 11.3 Å². The molecule has 2 aliphatic rings. The van der Waals surface area contributed by atoms with Gasteiger partial charge in [-0.2, -0.15) is 0 Å². The van der Waals surface area contributed by atoms with Gasteiger partial charge in [-0.1, -0.05) is 31.4 Å². The number of ether oxygens (including phenoxy) is 1. The lowest BCUT2D eigenvalue weighted by molar-refractivity contribution is -0.0670. The molecule has 1 saturated carbocycles. The van der Waals surface area contributed by atoms with Crippen molar-refractivity contribution in [2.24, 2.45) is 5.92 Å². The van der Waals surface area contributed by atoms with Gasteiger partial charge in [0.1, 0.15) is 0 Å². The lowest BCUT2D eigenvalue weighted by Gasteiger charge is -2.38. The highest BCUT2D eigenvalue weighted by atomic mass is 16.5. The molecule has 120 valence electrons. The summed E-state index contributed by atoms with van der Waals surface area (Å²) in [5.41, 5.74) is 1.53. The van der Waals surface area contributed by atoms with Crippen LogP contribution in [0.15, 0.2) is 24.3 Å². The summed E-state index contributed by atoms with van der Waals surface area (Å²) in [6.45, 7) is 3.66. The molecular weight excluding hydrogens is 278 g/mol. The highest BCUT2D eigenvalue weighted by Crippen LogP contribution is 2.29. The molecule has 1 aliphatic carbocycles. The van der Waals surface area contributed by atoms with Crippen LogP contribution in [0.4, 0.5) is 0 Å². The van der Waals surface area contributed by atoms with E-state index < -0.39 is 5.97 Å². The zero-order chi connectivity index (χ0) is 15.4. The second kappa shape index (κ2) is 7.25. The standard InChI is InChI=1S/C18H25NO3/c20-18(21)16-8-6-14(7-9-16)12-19-10-11-22-17(13-19)15-4-2-1-3-5-15/h6-9,15,17H,1-5,10-13H2,(H,20,21). The molecular formula is C18H25NO3. The van der Waals surface area contributed by atoms with Crippen LogP contribution in [-0.4, -0.2) is 41.8 Å². The molecule has 0 aromatic heterocycles. The second-order valence-electron chi connectivity index (χ2n) is 6.54. The zero-order valence-corrected chi connectivity index (χ0v) is 13.0. The van der Waals surface area contributed by atoms with E-state index in [4.69, 9.17) is 9.84 Å². The number of morpholine rings is 1. The minimum Gasteiger partial charge on any atom is -0.478 e. The van der Waals surface area contributed by atoms with Crippen molar-refractivity contribution in [2.45, 2.75) is 44.8 Å². The van der Waals surface area contributed by atoms with E-state index in [0.717, 1.165) is 32.2 Å². The Morgan fingerprint density at radius 2 is 1.91 bits per heavy atom. The average molecular weight is 303 g/mol. The fraction of sp³-hybridized carbons (Fsp3) is 0.611. The lowest BCUT2D eigenvalue weighted by Crippen LogP contribution is -2.45. The van der Waals surface area contributed by atoms with Gasteiger partial charge in [0.15, 0.2) is 0 Å². The van der Waals surface area contributed by atoms with E-state index in [1.807, 2.05) is 12.1 Å². The summed E-state index contributed by atoms with van der Waals surface area (Å²) in [6, 6.07) is 7.23. The maximum atomic E-state index is 10.9. The summed E-state index contributed by atoms with van der Waals surface area (Å²) in [4.78, 5) is 13.3. The van der Waals surface area contributed by atoms with Crippen molar-refractivity contribution < 1.29 is 14.6 Å². The van der Waals surface area contributed by atoms with Gasteiger partial charge in [0.25, 0.3) is 0 Å². The van der Waals surface area contributed by atoms with Gasteiger partial charge in [0, 0.05) is 19.6 Å². The maximum absolute atomic E-state index is 10.9. The fourth-order valence-corrected chi connectivity index (χ4v) is 3.68. The molecule has 1 heterocycles. The first-order chi connectivity index (χ1) is 10.7. The molecule has 0 radical (unpaired) electrons. The van der Waals surface area contributed by atoms with E-state index in [0.29, 0.717) is 11.7 Å². The molecule has 4 heteroatoms. The average Bonchev–Trinajstić information content (AvgIpc) is 2.56. The van der Waals surface area contributed by atoms with Crippen molar-refractivity contribution in [1.29, 1.82) is 0 Å². The number of nitrogens with zero attached hydrogens (tertiary/aromatic N) is 1. The highest BCUT2D eigenvalue weighted by Gasteiger charge is 2.29. The molecule has 0 amide bonds. The van der Waals surface area contributed by atoms with Gasteiger partial charge in [-0.05, 0) is 36.5 Å². The number of carbonyl (C=O) groups is 1. The number of aromatic carboxylic acids is 1. The summed E-state index contributed by atoms with van der Waals surface area (Å²) in [6.07, 6.45) is 7.08. The van der Waals surface area contributed by atoms with E-state index in [1.54, 1.807) is 12.1 Å². The fourth-order valence-electron chi connectivity index (χ4n) is 3.68. The predicted octanol–water partition coefficient (Wildman–Crippen LogP) is 3.17. The Kier molecular flexibility index (Phi) is 5.11. The number of hydrogen-bond donors (Lipinski definition) is 1. The van der Waals surface area contributed by atoms with Crippen LogP contribution < -0.4 is 0 Å². The van der Waals surface area contributed by atoms with E-state index in [-0.39, 0.29) is 0 Å². The summed E-state index contributed by atoms with van der Waals surface area (Å²) in [5, 5.41) is 8.95. The van der Waals surface area contributed by atoms with Gasteiger partial charge in [0.05, 0.1) is 18.3 Å². The first-order valence-electron chi connectivity index (χ1n) is 8.38. The molecule has 1 aromatic rings. The van der Waals surface area contributed by atoms with Crippen LogP contribution in [0.5, 0.6) is 0 Å². The topological polar surface area (TPSA) is 49.8 Å². The number of hydrogen-bond acceptors (Lipinski definition) is 3. The molecule has 22 heavy (non-hydrogen) atoms. The summed E-state index contributed by atoms with van der Waals surface area (Å²) in [5.74, 6) is -0.138. The minimum absolute atomic E-state index is 0.353. The Balaban J connectivity index is 1.56. The van der Waals surface area contributed by atoms with Crippen molar-refractivity contribution in [3.05, 3.63) is 35.4 Å². The zero-order valence-electron chi connectivity index (χ0n) is 13.0. The van der Waals surface area contributed by atoms with Crippen LogP contribution in [0.1, 0.15) is 48.0 Å². The minimum atomic E-state index is -0.865. The summed E-state index contributed by atoms with van der Waals surface area (Å²) in [7, 11) is 0. The van der Waals surface area contributed by atoms with E-state index >= 15 is 0 Å². The molecule has 2 fully saturated rings. The van der Waals surface area contributed by atoms with E-state index in [1.165, 1.54) is 37.7 Å². The second-order valence-corrected chi connectivity index (χ2v) is 6.54. The normalized spacial score (nSPS) is 24.3. The van der Waals surface area contributed by atoms with Crippen molar-refractivity contribution >= 4 is 5.97 Å². The molecule has 3 rings (SSSR count). The third kappa shape index (κ3) is 3.87. The highest BCUT2D eigenvalue weighted by molar-refractivity contribution is 5.87. The molecule has 0 bridgehead atoms. The Morgan fingerprint density at radius 1 is 1.18 bits per heavy atom. The Morgan fingerprint density at radius 3 is 2.59 bits per heavy atom. The lowest BCUT2D eigenvalue weighted by atomic mass is 9.84. The number of benzene rings is 1. The molecule has 1 atom stereocenters. The van der Waals surface area contributed by atoms with Crippen LogP contribution in [0.2, 0.25) is 0 Å². The first-order valence-corrected chi connectivity index (χ1v) is 8.38. The van der Waals surface area contributed by atoms with Crippen LogP contribution in [0.3, 0.4) is 0 Å². The van der Waals surface area contributed by atoms with Gasteiger partial charge in [0.2, 0.25) is 0 Å². The Labute approximate surface area is 132 Å². The largest absolute Gasteiger partial charge is 0.478 e. The monoisotopic (exact) mass is 303 g/mol. The van der Waals surface area contributed by atoms with E-state index in [2.05, 4.69) is 4.90 Å². The Bertz CT molecular complexity index is 494. The quantitative estimate of drug-likeness (QED) is 0.928. The number of carboxylic acid groups (broad SMARTS) is 1. The molecule has 1 aromatic carbocycles. The van der Waals surface area contributed by atoms with Crippen LogP contribution in [0.25, 0.3) is 0 Å². The summed E-state index contributed by atoms with van der Waals surface area (Å²) >= 11 is 0. The van der Waals surface area contributed by atoms with Gasteiger partial charge in [-0.15, -0.1) is 0 Å². The van der Waals surface area contributed by atoms with Gasteiger partial charge in [-0.25, -0.2) is 4.79 Å². The van der Waals surface area contributed by atoms with Crippen molar-refractivity contribution in [3.8, 4) is 0 Å². The van der Waals surface area contributed by atoms with Crippen LogP contribution >= 0.6 is 0 Å². The summed E-state index contributed by atoms with van der Waals surface area (Å²) < 4.78 is 6.02. The van der Waals surface area contributed by atoms with Crippen molar-refractivity contribution in [3.63, 3.8) is 0 Å². The molecule has 4 nitrogen and oxygen atoms in total. The smallest absolute Gasteiger partial charge is 0.335 e. The first kappa shape index (κ1) is 15.5. The van der Waals surface area contributed by atoms with Gasteiger partial charge >= 0.3 is 5.97 Å². The van der Waals surface area contributed by atoms with Crippen molar-refractivity contribution in [1.82, 2.24) is 4.90 Å².